The number of carbonyl (C=O) groups excluding carboxylic acids is 1. The van der Waals surface area contributed by atoms with Crippen LogP contribution in [-0.2, 0) is 17.8 Å². The van der Waals surface area contributed by atoms with E-state index in [0.29, 0.717) is 12.4 Å². The molecule has 0 aliphatic heterocycles. The van der Waals surface area contributed by atoms with Crippen LogP contribution in [0.2, 0.25) is 0 Å². The largest absolute Gasteiger partial charge is 0.330 e. The Morgan fingerprint density at radius 1 is 1.38 bits per heavy atom. The number of nitrogens with zero attached hydrogens (tertiary/aromatic N) is 4. The topological polar surface area (TPSA) is 98.7 Å². The first kappa shape index (κ1) is 15.6. The van der Waals surface area contributed by atoms with Crippen molar-refractivity contribution < 1.29 is 4.79 Å². The van der Waals surface area contributed by atoms with Crippen LogP contribution in [0.5, 0.6) is 0 Å². The molecule has 3 N–H and O–H groups in total. The molecular formula is C13H17BrN6O. The SMILES string of the molecule is NCCCCc1cn(CC(=O)Nc2ccc(Br)cn2)nn1. The van der Waals surface area contributed by atoms with E-state index in [2.05, 4.69) is 36.5 Å². The Morgan fingerprint density at radius 3 is 2.95 bits per heavy atom. The molecule has 2 aromatic rings. The van der Waals surface area contributed by atoms with E-state index in [1.165, 1.54) is 4.68 Å². The quantitative estimate of drug-likeness (QED) is 0.733. The van der Waals surface area contributed by atoms with Crippen LogP contribution in [0.15, 0.2) is 29.0 Å². The zero-order valence-corrected chi connectivity index (χ0v) is 13.1. The van der Waals surface area contributed by atoms with Crippen LogP contribution in [0.25, 0.3) is 0 Å². The number of nitrogens with two attached hydrogens (primary N) is 1. The van der Waals surface area contributed by atoms with Gasteiger partial charge in [-0.05, 0) is 53.9 Å². The number of amides is 1. The van der Waals surface area contributed by atoms with Gasteiger partial charge in [0.1, 0.15) is 12.4 Å². The highest BCUT2D eigenvalue weighted by molar-refractivity contribution is 9.10. The van der Waals surface area contributed by atoms with Crippen molar-refractivity contribution in [2.75, 3.05) is 11.9 Å². The van der Waals surface area contributed by atoms with Gasteiger partial charge in [-0.15, -0.1) is 5.10 Å². The molecule has 0 unspecified atom stereocenters. The number of hydrogen-bond acceptors (Lipinski definition) is 5. The van der Waals surface area contributed by atoms with Crippen molar-refractivity contribution in [3.8, 4) is 0 Å². The van der Waals surface area contributed by atoms with Crippen molar-refractivity contribution in [3.05, 3.63) is 34.7 Å². The number of hydrogen-bond donors (Lipinski definition) is 2. The van der Waals surface area contributed by atoms with Crippen molar-refractivity contribution in [3.63, 3.8) is 0 Å². The van der Waals surface area contributed by atoms with Crippen molar-refractivity contribution in [1.29, 1.82) is 0 Å². The third-order valence-corrected chi connectivity index (χ3v) is 3.24. The van der Waals surface area contributed by atoms with E-state index in [1.54, 1.807) is 18.5 Å². The molecule has 1 amide bonds. The minimum atomic E-state index is -0.191. The predicted octanol–water partition coefficient (Wildman–Crippen LogP) is 1.36. The van der Waals surface area contributed by atoms with Gasteiger partial charge in [-0.2, -0.15) is 0 Å². The molecule has 8 heteroatoms. The van der Waals surface area contributed by atoms with E-state index >= 15 is 0 Å². The summed E-state index contributed by atoms with van der Waals surface area (Å²) in [7, 11) is 0. The van der Waals surface area contributed by atoms with E-state index in [9.17, 15) is 4.79 Å². The fourth-order valence-electron chi connectivity index (χ4n) is 1.76. The first-order chi connectivity index (χ1) is 10.2. The second-order valence-electron chi connectivity index (χ2n) is 4.56. The summed E-state index contributed by atoms with van der Waals surface area (Å²) >= 11 is 3.29. The zero-order chi connectivity index (χ0) is 15.1. The lowest BCUT2D eigenvalue weighted by Crippen LogP contribution is -2.19. The van der Waals surface area contributed by atoms with E-state index in [-0.39, 0.29) is 12.5 Å². The van der Waals surface area contributed by atoms with Gasteiger partial charge < -0.3 is 11.1 Å². The number of unbranched alkanes of at least 4 members (excludes halogenated alkanes) is 1. The average molecular weight is 353 g/mol. The van der Waals surface area contributed by atoms with Crippen molar-refractivity contribution >= 4 is 27.7 Å². The van der Waals surface area contributed by atoms with Gasteiger partial charge in [-0.1, -0.05) is 5.21 Å². The van der Waals surface area contributed by atoms with Crippen molar-refractivity contribution in [2.45, 2.75) is 25.8 Å². The molecule has 0 bridgehead atoms. The second kappa shape index (κ2) is 7.84. The molecule has 112 valence electrons. The number of aromatic nitrogens is 4. The van der Waals surface area contributed by atoms with Crippen LogP contribution >= 0.6 is 15.9 Å². The molecule has 2 heterocycles. The maximum Gasteiger partial charge on any atom is 0.247 e. The summed E-state index contributed by atoms with van der Waals surface area (Å²) in [4.78, 5) is 15.9. The number of anilines is 1. The Kier molecular flexibility index (Phi) is 5.82. The molecule has 0 atom stereocenters. The van der Waals surface area contributed by atoms with Crippen LogP contribution in [-0.4, -0.2) is 32.4 Å². The standard InChI is InChI=1S/C13H17BrN6O/c14-10-4-5-12(16-7-10)17-13(21)9-20-8-11(18-19-20)3-1-2-6-15/h4-5,7-8H,1-3,6,9,15H2,(H,16,17,21). The summed E-state index contributed by atoms with van der Waals surface area (Å²) in [5, 5.41) is 10.7. The van der Waals surface area contributed by atoms with Gasteiger partial charge in [0.05, 0.1) is 5.69 Å². The minimum Gasteiger partial charge on any atom is -0.330 e. The van der Waals surface area contributed by atoms with Gasteiger partial charge >= 0.3 is 0 Å². The monoisotopic (exact) mass is 352 g/mol. The number of pyridine rings is 1. The number of halogens is 1. The highest BCUT2D eigenvalue weighted by Gasteiger charge is 2.07. The Bertz CT molecular complexity index is 583. The summed E-state index contributed by atoms with van der Waals surface area (Å²) in [6.07, 6.45) is 6.17. The Balaban J connectivity index is 1.83. The fraction of sp³-hybridized carbons (Fsp3) is 0.385. The van der Waals surface area contributed by atoms with Gasteiger partial charge in [-0.3, -0.25) is 4.79 Å². The maximum absolute atomic E-state index is 11.9. The van der Waals surface area contributed by atoms with Crippen LogP contribution in [0.3, 0.4) is 0 Å². The maximum atomic E-state index is 11.9. The molecule has 0 saturated heterocycles. The molecule has 0 radical (unpaired) electrons. The molecule has 7 nitrogen and oxygen atoms in total. The predicted molar refractivity (Wildman–Crippen MR) is 82.6 cm³/mol. The Morgan fingerprint density at radius 2 is 2.24 bits per heavy atom. The number of aryl methyl sites for hydroxylation is 1. The highest BCUT2D eigenvalue weighted by Crippen LogP contribution is 2.10. The lowest BCUT2D eigenvalue weighted by molar-refractivity contribution is -0.116. The summed E-state index contributed by atoms with van der Waals surface area (Å²) in [6, 6.07) is 3.54. The van der Waals surface area contributed by atoms with E-state index < -0.39 is 0 Å². The Hall–Kier alpha value is -1.80. The summed E-state index contributed by atoms with van der Waals surface area (Å²) in [5.74, 6) is 0.315. The van der Waals surface area contributed by atoms with E-state index in [4.69, 9.17) is 5.73 Å². The smallest absolute Gasteiger partial charge is 0.247 e. The molecule has 2 aromatic heterocycles. The Labute approximate surface area is 131 Å². The average Bonchev–Trinajstić information content (AvgIpc) is 2.89. The van der Waals surface area contributed by atoms with Gasteiger partial charge in [0.2, 0.25) is 5.91 Å². The van der Waals surface area contributed by atoms with Crippen LogP contribution in [0.4, 0.5) is 5.82 Å². The molecule has 0 aliphatic rings. The van der Waals surface area contributed by atoms with Crippen molar-refractivity contribution in [1.82, 2.24) is 20.0 Å². The molecule has 0 aromatic carbocycles. The lowest BCUT2D eigenvalue weighted by Gasteiger charge is -2.03. The van der Waals surface area contributed by atoms with Gasteiger partial charge in [-0.25, -0.2) is 9.67 Å². The van der Waals surface area contributed by atoms with Crippen LogP contribution in [0, 0.1) is 0 Å². The van der Waals surface area contributed by atoms with E-state index in [0.717, 1.165) is 29.4 Å². The molecule has 21 heavy (non-hydrogen) atoms. The first-order valence-electron chi connectivity index (χ1n) is 6.68. The number of carbonyl (C=O) groups is 1. The molecule has 0 spiro atoms. The fourth-order valence-corrected chi connectivity index (χ4v) is 1.99. The van der Waals surface area contributed by atoms with E-state index in [1.807, 2.05) is 6.07 Å². The molecule has 0 saturated carbocycles. The lowest BCUT2D eigenvalue weighted by atomic mass is 10.2. The van der Waals surface area contributed by atoms with Gasteiger partial charge in [0.15, 0.2) is 0 Å². The molecule has 2 rings (SSSR count). The van der Waals surface area contributed by atoms with Crippen molar-refractivity contribution in [2.24, 2.45) is 5.73 Å². The normalized spacial score (nSPS) is 10.6. The minimum absolute atomic E-state index is 0.113. The summed E-state index contributed by atoms with van der Waals surface area (Å²) in [5.41, 5.74) is 6.32. The van der Waals surface area contributed by atoms with Gasteiger partial charge in [0.25, 0.3) is 0 Å². The third-order valence-electron chi connectivity index (χ3n) is 2.77. The number of nitrogens with one attached hydrogen (secondary N) is 1. The second-order valence-corrected chi connectivity index (χ2v) is 5.48. The van der Waals surface area contributed by atoms with Gasteiger partial charge in [0, 0.05) is 16.9 Å². The molecule has 0 fully saturated rings. The molecule has 0 aliphatic carbocycles. The first-order valence-corrected chi connectivity index (χ1v) is 7.47. The summed E-state index contributed by atoms with van der Waals surface area (Å²) in [6.45, 7) is 0.790. The zero-order valence-electron chi connectivity index (χ0n) is 11.5. The third kappa shape index (κ3) is 5.24. The van der Waals surface area contributed by atoms with Crippen LogP contribution in [0.1, 0.15) is 18.5 Å². The highest BCUT2D eigenvalue weighted by atomic mass is 79.9. The summed E-state index contributed by atoms with van der Waals surface area (Å²) < 4.78 is 2.38. The molecular weight excluding hydrogens is 336 g/mol. The number of rotatable bonds is 7. The van der Waals surface area contributed by atoms with Crippen LogP contribution < -0.4 is 11.1 Å².